The van der Waals surface area contributed by atoms with Crippen molar-refractivity contribution < 1.29 is 23.2 Å². The fraction of sp³-hybridized carbons (Fsp3) is 0.400. The molecule has 1 saturated heterocycles. The van der Waals surface area contributed by atoms with Crippen LogP contribution in [0.1, 0.15) is 59.4 Å². The van der Waals surface area contributed by atoms with Crippen molar-refractivity contribution in [2.24, 2.45) is 5.92 Å². The lowest BCUT2D eigenvalue weighted by Gasteiger charge is -2.27. The normalized spacial score (nSPS) is 14.6. The Balaban J connectivity index is 1.64. The number of piperidine rings is 1. The minimum atomic E-state index is -0.995. The van der Waals surface area contributed by atoms with Crippen LogP contribution >= 0.6 is 0 Å². The first-order chi connectivity index (χ1) is 15.8. The zero-order valence-corrected chi connectivity index (χ0v) is 18.9. The maximum atomic E-state index is 13.9. The average Bonchev–Trinajstić information content (AvgIpc) is 2.81. The molecule has 0 bridgehead atoms. The molecular formula is C25H29F2N3O3. The summed E-state index contributed by atoms with van der Waals surface area (Å²) in [6.07, 6.45) is 3.13. The number of hydrogen-bond acceptors (Lipinski definition) is 3. The van der Waals surface area contributed by atoms with E-state index in [0.717, 1.165) is 56.1 Å². The number of halogens is 2. The lowest BCUT2D eigenvalue weighted by atomic mass is 10.0. The molecule has 1 aliphatic heterocycles. The quantitative estimate of drug-likeness (QED) is 0.666. The van der Waals surface area contributed by atoms with E-state index >= 15 is 0 Å². The molecule has 6 nitrogen and oxygen atoms in total. The largest absolute Gasteiger partial charge is 0.350 e. The van der Waals surface area contributed by atoms with Crippen LogP contribution in [-0.2, 0) is 11.3 Å². The van der Waals surface area contributed by atoms with Crippen molar-refractivity contribution in [2.45, 2.75) is 45.7 Å². The Morgan fingerprint density at radius 2 is 1.61 bits per heavy atom. The van der Waals surface area contributed by atoms with Crippen molar-refractivity contribution in [1.29, 1.82) is 0 Å². The van der Waals surface area contributed by atoms with Gasteiger partial charge in [0, 0.05) is 25.2 Å². The molecule has 1 atom stereocenters. The van der Waals surface area contributed by atoms with Gasteiger partial charge in [0.2, 0.25) is 5.91 Å². The lowest BCUT2D eigenvalue weighted by Crippen LogP contribution is -2.49. The minimum absolute atomic E-state index is 0.0258. The molecule has 1 aliphatic rings. The predicted molar refractivity (Wildman–Crippen MR) is 120 cm³/mol. The third kappa shape index (κ3) is 6.15. The van der Waals surface area contributed by atoms with Gasteiger partial charge in [-0.05, 0) is 55.0 Å². The summed E-state index contributed by atoms with van der Waals surface area (Å²) in [4.78, 5) is 39.8. The first kappa shape index (κ1) is 24.4. The van der Waals surface area contributed by atoms with Gasteiger partial charge >= 0.3 is 0 Å². The van der Waals surface area contributed by atoms with Crippen molar-refractivity contribution in [1.82, 2.24) is 15.5 Å². The van der Waals surface area contributed by atoms with Gasteiger partial charge in [0.15, 0.2) is 0 Å². The van der Waals surface area contributed by atoms with Gasteiger partial charge in [-0.3, -0.25) is 14.4 Å². The molecule has 1 heterocycles. The first-order valence-corrected chi connectivity index (χ1v) is 11.2. The van der Waals surface area contributed by atoms with E-state index in [4.69, 9.17) is 0 Å². The molecule has 0 spiro atoms. The highest BCUT2D eigenvalue weighted by Gasteiger charge is 2.27. The summed E-state index contributed by atoms with van der Waals surface area (Å²) >= 11 is 0. The van der Waals surface area contributed by atoms with Crippen LogP contribution in [0.2, 0.25) is 0 Å². The molecule has 0 aliphatic carbocycles. The molecule has 33 heavy (non-hydrogen) atoms. The summed E-state index contributed by atoms with van der Waals surface area (Å²) in [6.45, 7) is 5.09. The van der Waals surface area contributed by atoms with Crippen molar-refractivity contribution in [3.05, 3.63) is 70.8 Å². The van der Waals surface area contributed by atoms with E-state index in [2.05, 4.69) is 10.6 Å². The maximum absolute atomic E-state index is 13.9. The summed E-state index contributed by atoms with van der Waals surface area (Å²) in [5.74, 6) is -3.81. The molecule has 3 rings (SSSR count). The number of hydrogen-bond donors (Lipinski definition) is 2. The van der Waals surface area contributed by atoms with Crippen LogP contribution in [0, 0.1) is 17.6 Å². The summed E-state index contributed by atoms with van der Waals surface area (Å²) in [5.41, 5.74) is 0.576. The van der Waals surface area contributed by atoms with Crippen LogP contribution in [0.4, 0.5) is 8.78 Å². The van der Waals surface area contributed by atoms with Gasteiger partial charge in [0.25, 0.3) is 11.8 Å². The summed E-state index contributed by atoms with van der Waals surface area (Å²) in [6, 6.07) is 9.21. The minimum Gasteiger partial charge on any atom is -0.350 e. The Bertz CT molecular complexity index is 999. The zero-order valence-electron chi connectivity index (χ0n) is 18.9. The molecule has 1 fully saturated rings. The van der Waals surface area contributed by atoms with Crippen LogP contribution in [-0.4, -0.2) is 41.8 Å². The van der Waals surface area contributed by atoms with E-state index in [1.807, 2.05) is 4.90 Å². The summed E-state index contributed by atoms with van der Waals surface area (Å²) in [5, 5.41) is 5.18. The molecule has 0 radical (unpaired) electrons. The number of nitrogens with one attached hydrogen (secondary N) is 2. The van der Waals surface area contributed by atoms with E-state index in [9.17, 15) is 23.2 Å². The highest BCUT2D eigenvalue weighted by Crippen LogP contribution is 2.15. The molecular weight excluding hydrogens is 428 g/mol. The van der Waals surface area contributed by atoms with E-state index in [0.29, 0.717) is 5.56 Å². The number of nitrogens with zero attached hydrogens (tertiary/aromatic N) is 1. The van der Waals surface area contributed by atoms with Crippen molar-refractivity contribution in [3.8, 4) is 0 Å². The van der Waals surface area contributed by atoms with Crippen LogP contribution in [0.3, 0.4) is 0 Å². The van der Waals surface area contributed by atoms with E-state index in [1.165, 1.54) is 0 Å². The van der Waals surface area contributed by atoms with Gasteiger partial charge in [-0.2, -0.15) is 0 Å². The molecule has 176 valence electrons. The van der Waals surface area contributed by atoms with Crippen LogP contribution < -0.4 is 10.6 Å². The first-order valence-electron chi connectivity index (χ1n) is 11.2. The van der Waals surface area contributed by atoms with Gasteiger partial charge < -0.3 is 15.5 Å². The molecule has 2 aromatic carbocycles. The Kier molecular flexibility index (Phi) is 8.14. The molecule has 0 saturated carbocycles. The molecule has 3 amide bonds. The van der Waals surface area contributed by atoms with Crippen LogP contribution in [0.15, 0.2) is 42.5 Å². The number of carbonyl (C=O) groups is 3. The molecule has 0 unspecified atom stereocenters. The standard InChI is InChI=1S/C25H29F2N3O3/c1-16(2)22(29-23(31)21-19(26)10-7-11-20(21)27)24(32)28-15-17-8-6-9-18(14-17)25(33)30-12-4-3-5-13-30/h6-11,14,16,22H,3-5,12-13,15H2,1-2H3,(H,28,32)(H,29,31)/t22-/m0/s1. The zero-order chi connectivity index (χ0) is 24.0. The molecule has 0 aromatic heterocycles. The Labute approximate surface area is 192 Å². The molecule has 2 N–H and O–H groups in total. The third-order valence-corrected chi connectivity index (χ3v) is 5.71. The monoisotopic (exact) mass is 457 g/mol. The van der Waals surface area contributed by atoms with Crippen LogP contribution in [0.5, 0.6) is 0 Å². The SMILES string of the molecule is CC(C)[C@H](NC(=O)c1c(F)cccc1F)C(=O)NCc1cccc(C(=O)N2CCCCC2)c1. The summed E-state index contributed by atoms with van der Waals surface area (Å²) < 4.78 is 27.9. The second-order valence-electron chi connectivity index (χ2n) is 8.56. The van der Waals surface area contributed by atoms with Crippen LogP contribution in [0.25, 0.3) is 0 Å². The van der Waals surface area contributed by atoms with Gasteiger partial charge in [-0.15, -0.1) is 0 Å². The van der Waals surface area contributed by atoms with Gasteiger partial charge in [-0.1, -0.05) is 32.0 Å². The fourth-order valence-corrected chi connectivity index (χ4v) is 3.86. The fourth-order valence-electron chi connectivity index (χ4n) is 3.86. The number of amides is 3. The molecule has 8 heteroatoms. The Morgan fingerprint density at radius 3 is 2.24 bits per heavy atom. The smallest absolute Gasteiger partial charge is 0.257 e. The highest BCUT2D eigenvalue weighted by atomic mass is 19.1. The maximum Gasteiger partial charge on any atom is 0.257 e. The van der Waals surface area contributed by atoms with Gasteiger partial charge in [0.1, 0.15) is 23.2 Å². The van der Waals surface area contributed by atoms with Gasteiger partial charge in [-0.25, -0.2) is 8.78 Å². The van der Waals surface area contributed by atoms with Crippen molar-refractivity contribution >= 4 is 17.7 Å². The lowest BCUT2D eigenvalue weighted by molar-refractivity contribution is -0.124. The van der Waals surface area contributed by atoms with Crippen molar-refractivity contribution in [3.63, 3.8) is 0 Å². The second-order valence-corrected chi connectivity index (χ2v) is 8.56. The van der Waals surface area contributed by atoms with Gasteiger partial charge in [0.05, 0.1) is 0 Å². The van der Waals surface area contributed by atoms with Crippen molar-refractivity contribution in [2.75, 3.05) is 13.1 Å². The number of rotatable bonds is 7. The third-order valence-electron chi connectivity index (χ3n) is 5.71. The summed E-state index contributed by atoms with van der Waals surface area (Å²) in [7, 11) is 0. The molecule has 2 aromatic rings. The predicted octanol–water partition coefficient (Wildman–Crippen LogP) is 3.66. The highest BCUT2D eigenvalue weighted by molar-refractivity contribution is 5.98. The Hall–Kier alpha value is -3.29. The average molecular weight is 458 g/mol. The topological polar surface area (TPSA) is 78.5 Å². The van der Waals surface area contributed by atoms with E-state index < -0.39 is 35.1 Å². The van der Waals surface area contributed by atoms with E-state index in [1.54, 1.807) is 38.1 Å². The van der Waals surface area contributed by atoms with E-state index in [-0.39, 0.29) is 18.4 Å². The number of benzene rings is 2. The number of carbonyl (C=O) groups excluding carboxylic acids is 3. The second kappa shape index (κ2) is 11.0. The number of likely N-dealkylation sites (tertiary alicyclic amines) is 1. The Morgan fingerprint density at radius 1 is 0.970 bits per heavy atom.